The Morgan fingerprint density at radius 3 is 1.33 bits per heavy atom. The Hall–Kier alpha value is 0.883. The Labute approximate surface area is 61.5 Å². The summed E-state index contributed by atoms with van der Waals surface area (Å²) in [6.45, 7) is 5.50. The van der Waals surface area contributed by atoms with Gasteiger partial charge in [-0.25, -0.2) is 0 Å². The van der Waals surface area contributed by atoms with Crippen molar-refractivity contribution in [3.8, 4) is 0 Å². The van der Waals surface area contributed by atoms with Crippen LogP contribution in [0.3, 0.4) is 0 Å². The van der Waals surface area contributed by atoms with Gasteiger partial charge in [-0.15, -0.1) is 0 Å². The first-order valence-electron chi connectivity index (χ1n) is 1.21. The predicted octanol–water partition coefficient (Wildman–Crippen LogP) is 2.13. The molecular formula is C5H13Zr+. The van der Waals surface area contributed by atoms with Crippen molar-refractivity contribution < 1.29 is 26.2 Å². The molecule has 0 aromatic carbocycles. The molecule has 0 fully saturated rings. The summed E-state index contributed by atoms with van der Waals surface area (Å²) in [5, 5.41) is 0. The van der Waals surface area contributed by atoms with E-state index in [4.69, 9.17) is 0 Å². The molecular weight excluding hydrogens is 151 g/mol. The molecule has 0 aromatic heterocycles. The summed E-state index contributed by atoms with van der Waals surface area (Å²) in [5.41, 5.74) is 0. The van der Waals surface area contributed by atoms with Crippen molar-refractivity contribution in [3.05, 3.63) is 21.8 Å². The largest absolute Gasteiger partial charge is 4.00 e. The van der Waals surface area contributed by atoms with Crippen LogP contribution < -0.4 is 0 Å². The molecule has 0 saturated heterocycles. The molecule has 36 valence electrons. The summed E-state index contributed by atoms with van der Waals surface area (Å²) in [5.74, 6) is 0. The van der Waals surface area contributed by atoms with Gasteiger partial charge in [0, 0.05) is 0 Å². The zero-order chi connectivity index (χ0) is 2.71. The smallest absolute Gasteiger partial charge is 0.358 e. The van der Waals surface area contributed by atoms with E-state index in [1.165, 1.54) is 0 Å². The van der Waals surface area contributed by atoms with Gasteiger partial charge in [0.1, 0.15) is 0 Å². The Morgan fingerprint density at radius 2 is 1.33 bits per heavy atom. The van der Waals surface area contributed by atoms with Crippen LogP contribution in [0.5, 0.6) is 0 Å². The molecule has 0 aliphatic rings. The summed E-state index contributed by atoms with van der Waals surface area (Å²) < 4.78 is 0. The third-order valence-corrected chi connectivity index (χ3v) is 0. The van der Waals surface area contributed by atoms with Crippen molar-refractivity contribution in [2.75, 3.05) is 0 Å². The van der Waals surface area contributed by atoms with Crippen molar-refractivity contribution in [2.45, 2.75) is 13.3 Å². The van der Waals surface area contributed by atoms with Crippen LogP contribution in [0.4, 0.5) is 0 Å². The van der Waals surface area contributed by atoms with Gasteiger partial charge in [0.05, 0.1) is 0 Å². The Kier molecular flexibility index (Phi) is 189. The summed E-state index contributed by atoms with van der Waals surface area (Å²) >= 11 is 0. The minimum absolute atomic E-state index is 0. The molecule has 0 nitrogen and oxygen atoms in total. The molecule has 1 heteroatoms. The molecule has 0 heterocycles. The van der Waals surface area contributed by atoms with E-state index in [9.17, 15) is 0 Å². The van der Waals surface area contributed by atoms with Gasteiger partial charge in [0.15, 0.2) is 0 Å². The van der Waals surface area contributed by atoms with Crippen LogP contribution in [-0.2, 0) is 26.2 Å². The third-order valence-electron chi connectivity index (χ3n) is 0. The van der Waals surface area contributed by atoms with Crippen molar-refractivity contribution in [1.82, 2.24) is 0 Å². The first-order chi connectivity index (χ1) is 1.41. The van der Waals surface area contributed by atoms with E-state index in [2.05, 4.69) is 6.92 Å². The molecule has 0 aliphatic heterocycles. The maximum absolute atomic E-state index is 3.49. The molecule has 0 atom stereocenters. The van der Waals surface area contributed by atoms with Gasteiger partial charge in [0.2, 0.25) is 0 Å². The minimum Gasteiger partial charge on any atom is -0.358 e. The van der Waals surface area contributed by atoms with Crippen molar-refractivity contribution in [3.63, 3.8) is 0 Å². The van der Waals surface area contributed by atoms with E-state index in [1.54, 1.807) is 0 Å². The third kappa shape index (κ3) is 94.4. The standard InChI is InChI=1S/C3H7.2CH3.Zr/c1-3-2;;;/h1,3H2,2H3;2*1H3;/q3*-1;+4. The summed E-state index contributed by atoms with van der Waals surface area (Å²) in [6.07, 6.45) is 1.00. The molecule has 0 rings (SSSR count). The normalized spacial score (nSPS) is 3.00. The van der Waals surface area contributed by atoms with Crippen LogP contribution in [0, 0.1) is 21.8 Å². The van der Waals surface area contributed by atoms with Gasteiger partial charge < -0.3 is 21.8 Å². The molecule has 0 aliphatic carbocycles. The second-order valence-electron chi connectivity index (χ2n) is 0.500. The van der Waals surface area contributed by atoms with E-state index in [1.807, 2.05) is 6.92 Å². The molecule has 0 aromatic rings. The zero-order valence-corrected chi connectivity index (χ0v) is 7.37. The SMILES string of the molecule is [CH2-]CC.[CH3-].[CH3-].[Zr+4]. The van der Waals surface area contributed by atoms with Crippen LogP contribution in [-0.4, -0.2) is 0 Å². The molecule has 0 amide bonds. The van der Waals surface area contributed by atoms with E-state index in [0.717, 1.165) is 6.42 Å². The monoisotopic (exact) mass is 163 g/mol. The fourth-order valence-corrected chi connectivity index (χ4v) is 0. The predicted molar refractivity (Wildman–Crippen MR) is 28.5 cm³/mol. The first-order valence-corrected chi connectivity index (χ1v) is 1.21. The average Bonchev–Trinajstić information content (AvgIpc) is 0.918. The quantitative estimate of drug-likeness (QED) is 0.481. The van der Waals surface area contributed by atoms with Crippen LogP contribution in [0.1, 0.15) is 13.3 Å². The van der Waals surface area contributed by atoms with E-state index >= 15 is 0 Å². The molecule has 0 bridgehead atoms. The fourth-order valence-electron chi connectivity index (χ4n) is 0. The molecule has 0 saturated carbocycles. The zero-order valence-electron chi connectivity index (χ0n) is 4.91. The Balaban J connectivity index is -0.00000000667. The topological polar surface area (TPSA) is 0 Å². The molecule has 0 N–H and O–H groups in total. The molecule has 0 spiro atoms. The number of rotatable bonds is 0. The van der Waals surface area contributed by atoms with Crippen LogP contribution in [0.2, 0.25) is 0 Å². The van der Waals surface area contributed by atoms with Crippen LogP contribution in [0.25, 0.3) is 0 Å². The van der Waals surface area contributed by atoms with Gasteiger partial charge in [-0.2, -0.15) is 6.42 Å². The van der Waals surface area contributed by atoms with Gasteiger partial charge in [-0.3, -0.25) is 0 Å². The van der Waals surface area contributed by atoms with Gasteiger partial charge >= 0.3 is 26.2 Å². The maximum Gasteiger partial charge on any atom is 4.00 e. The molecule has 0 radical (unpaired) electrons. The molecule has 0 unspecified atom stereocenters. The molecule has 6 heavy (non-hydrogen) atoms. The van der Waals surface area contributed by atoms with Gasteiger partial charge in [-0.1, -0.05) is 6.92 Å². The van der Waals surface area contributed by atoms with Gasteiger partial charge in [0.25, 0.3) is 0 Å². The Morgan fingerprint density at radius 1 is 1.33 bits per heavy atom. The van der Waals surface area contributed by atoms with E-state index in [-0.39, 0.29) is 41.1 Å². The second-order valence-corrected chi connectivity index (χ2v) is 0.500. The average molecular weight is 164 g/mol. The second kappa shape index (κ2) is 39.6. The number of hydrogen-bond donors (Lipinski definition) is 0. The van der Waals surface area contributed by atoms with Crippen LogP contribution >= 0.6 is 0 Å². The first kappa shape index (κ1) is 28.7. The van der Waals surface area contributed by atoms with Crippen molar-refractivity contribution >= 4 is 0 Å². The van der Waals surface area contributed by atoms with Crippen molar-refractivity contribution in [2.24, 2.45) is 0 Å². The van der Waals surface area contributed by atoms with E-state index in [0.29, 0.717) is 0 Å². The summed E-state index contributed by atoms with van der Waals surface area (Å²) in [6, 6.07) is 0. The Bertz CT molecular complexity index is 3.90. The van der Waals surface area contributed by atoms with Gasteiger partial charge in [-0.05, 0) is 0 Å². The van der Waals surface area contributed by atoms with Crippen molar-refractivity contribution in [1.29, 1.82) is 0 Å². The summed E-state index contributed by atoms with van der Waals surface area (Å²) in [4.78, 5) is 0. The number of hydrogen-bond acceptors (Lipinski definition) is 0. The maximum atomic E-state index is 3.49. The van der Waals surface area contributed by atoms with E-state index < -0.39 is 0 Å². The summed E-state index contributed by atoms with van der Waals surface area (Å²) in [7, 11) is 0. The van der Waals surface area contributed by atoms with Crippen LogP contribution in [0.15, 0.2) is 0 Å². The fraction of sp³-hybridized carbons (Fsp3) is 0.400. The minimum atomic E-state index is 0.